The first-order valence-electron chi connectivity index (χ1n) is 5.34. The zero-order valence-corrected chi connectivity index (χ0v) is 10.4. The van der Waals surface area contributed by atoms with Gasteiger partial charge in [0.15, 0.2) is 0 Å². The van der Waals surface area contributed by atoms with Crippen molar-refractivity contribution in [2.24, 2.45) is 0 Å². The molecule has 0 bridgehead atoms. The van der Waals surface area contributed by atoms with Gasteiger partial charge in [0.05, 0.1) is 10.9 Å². The molecule has 17 heavy (non-hydrogen) atoms. The van der Waals surface area contributed by atoms with Gasteiger partial charge in [-0.15, -0.1) is 11.8 Å². The third-order valence-corrected chi connectivity index (χ3v) is 3.91. The van der Waals surface area contributed by atoms with Gasteiger partial charge in [0.1, 0.15) is 6.04 Å². The Morgan fingerprint density at radius 3 is 2.76 bits per heavy atom. The Morgan fingerprint density at radius 1 is 1.47 bits per heavy atom. The third-order valence-electron chi connectivity index (χ3n) is 2.76. The molecule has 0 aromatic heterocycles. The fourth-order valence-corrected chi connectivity index (χ4v) is 2.86. The van der Waals surface area contributed by atoms with Gasteiger partial charge in [0.25, 0.3) is 0 Å². The SMILES string of the molecule is CC1Sc2ccccc2N(C(C)C(=O)O)C1=O. The number of thioether (sulfide) groups is 1. The summed E-state index contributed by atoms with van der Waals surface area (Å²) in [6.45, 7) is 3.32. The molecule has 4 nitrogen and oxygen atoms in total. The molecule has 0 saturated carbocycles. The average molecular weight is 251 g/mol. The average Bonchev–Trinajstić information content (AvgIpc) is 2.30. The van der Waals surface area contributed by atoms with E-state index in [2.05, 4.69) is 0 Å². The Bertz CT molecular complexity index is 475. The molecular formula is C12H13NO3S. The van der Waals surface area contributed by atoms with Crippen molar-refractivity contribution in [3.05, 3.63) is 24.3 Å². The van der Waals surface area contributed by atoms with E-state index in [1.165, 1.54) is 23.6 Å². The molecule has 0 saturated heterocycles. The fourth-order valence-electron chi connectivity index (χ4n) is 1.82. The summed E-state index contributed by atoms with van der Waals surface area (Å²) in [7, 11) is 0. The number of carboxylic acid groups (broad SMARTS) is 1. The lowest BCUT2D eigenvalue weighted by Crippen LogP contribution is -2.48. The second-order valence-corrected chi connectivity index (χ2v) is 5.33. The number of carbonyl (C=O) groups excluding carboxylic acids is 1. The van der Waals surface area contributed by atoms with Crippen molar-refractivity contribution in [3.63, 3.8) is 0 Å². The molecule has 0 aliphatic carbocycles. The van der Waals surface area contributed by atoms with Crippen LogP contribution in [0.5, 0.6) is 0 Å². The molecule has 5 heteroatoms. The molecule has 2 rings (SSSR count). The van der Waals surface area contributed by atoms with Crippen molar-refractivity contribution >= 4 is 29.3 Å². The van der Waals surface area contributed by atoms with Crippen LogP contribution >= 0.6 is 11.8 Å². The number of anilines is 1. The molecule has 1 aromatic carbocycles. The first-order chi connectivity index (χ1) is 8.02. The molecule has 2 atom stereocenters. The maximum Gasteiger partial charge on any atom is 0.326 e. The summed E-state index contributed by atoms with van der Waals surface area (Å²) in [4.78, 5) is 25.5. The number of hydrogen-bond donors (Lipinski definition) is 1. The van der Waals surface area contributed by atoms with Gasteiger partial charge in [-0.3, -0.25) is 9.69 Å². The van der Waals surface area contributed by atoms with Crippen LogP contribution < -0.4 is 4.90 Å². The van der Waals surface area contributed by atoms with Crippen LogP contribution in [0.4, 0.5) is 5.69 Å². The number of fused-ring (bicyclic) bond motifs is 1. The normalized spacial score (nSPS) is 20.9. The lowest BCUT2D eigenvalue weighted by atomic mass is 10.2. The monoisotopic (exact) mass is 251 g/mol. The summed E-state index contributed by atoms with van der Waals surface area (Å²) in [6, 6.07) is 6.55. The van der Waals surface area contributed by atoms with Gasteiger partial charge in [-0.1, -0.05) is 12.1 Å². The second-order valence-electron chi connectivity index (χ2n) is 3.95. The Hall–Kier alpha value is -1.49. The minimum atomic E-state index is -0.993. The zero-order valence-electron chi connectivity index (χ0n) is 9.58. The molecule has 1 aromatic rings. The zero-order chi connectivity index (χ0) is 12.6. The predicted molar refractivity (Wildman–Crippen MR) is 66.3 cm³/mol. The number of carbonyl (C=O) groups is 2. The topological polar surface area (TPSA) is 57.6 Å². The van der Waals surface area contributed by atoms with Crippen LogP contribution in [0.25, 0.3) is 0 Å². The van der Waals surface area contributed by atoms with Crippen LogP contribution in [0.15, 0.2) is 29.2 Å². The Morgan fingerprint density at radius 2 is 2.12 bits per heavy atom. The lowest BCUT2D eigenvalue weighted by Gasteiger charge is -2.34. The summed E-state index contributed by atoms with van der Waals surface area (Å²) in [5.41, 5.74) is 0.690. The highest BCUT2D eigenvalue weighted by Gasteiger charge is 2.35. The van der Waals surface area contributed by atoms with E-state index < -0.39 is 12.0 Å². The summed E-state index contributed by atoms with van der Waals surface area (Å²) in [5.74, 6) is -1.14. The van der Waals surface area contributed by atoms with E-state index in [-0.39, 0.29) is 11.2 Å². The van der Waals surface area contributed by atoms with Gasteiger partial charge >= 0.3 is 5.97 Å². The molecule has 1 amide bonds. The molecule has 1 aliphatic heterocycles. The molecule has 1 N–H and O–H groups in total. The summed E-state index contributed by atoms with van der Waals surface area (Å²) in [6.07, 6.45) is 0. The van der Waals surface area contributed by atoms with Crippen molar-refractivity contribution in [1.29, 1.82) is 0 Å². The summed E-state index contributed by atoms with van der Waals surface area (Å²) >= 11 is 1.47. The lowest BCUT2D eigenvalue weighted by molar-refractivity contribution is -0.139. The Balaban J connectivity index is 2.49. The number of para-hydroxylation sites is 1. The number of aliphatic carboxylic acids is 1. The summed E-state index contributed by atoms with van der Waals surface area (Å²) in [5, 5.41) is 8.82. The number of nitrogens with zero attached hydrogens (tertiary/aromatic N) is 1. The number of rotatable bonds is 2. The van der Waals surface area contributed by atoms with E-state index in [9.17, 15) is 9.59 Å². The van der Waals surface area contributed by atoms with Gasteiger partial charge < -0.3 is 5.11 Å². The quantitative estimate of drug-likeness (QED) is 0.873. The van der Waals surface area contributed by atoms with Gasteiger partial charge in [-0.2, -0.15) is 0 Å². The molecule has 0 spiro atoms. The van der Waals surface area contributed by atoms with Crippen LogP contribution in [-0.4, -0.2) is 28.3 Å². The van der Waals surface area contributed by atoms with Crippen LogP contribution in [0.2, 0.25) is 0 Å². The largest absolute Gasteiger partial charge is 0.480 e. The van der Waals surface area contributed by atoms with Crippen molar-refractivity contribution in [1.82, 2.24) is 0 Å². The molecule has 1 aliphatic rings. The van der Waals surface area contributed by atoms with E-state index in [1.54, 1.807) is 13.0 Å². The van der Waals surface area contributed by atoms with Gasteiger partial charge in [-0.05, 0) is 26.0 Å². The van der Waals surface area contributed by atoms with Crippen LogP contribution in [0.3, 0.4) is 0 Å². The number of amides is 1. The third kappa shape index (κ3) is 2.02. The molecule has 2 unspecified atom stereocenters. The highest BCUT2D eigenvalue weighted by atomic mass is 32.2. The van der Waals surface area contributed by atoms with Gasteiger partial charge in [-0.25, -0.2) is 4.79 Å². The maximum absolute atomic E-state index is 12.1. The van der Waals surface area contributed by atoms with E-state index in [0.29, 0.717) is 5.69 Å². The number of hydrogen-bond acceptors (Lipinski definition) is 3. The molecular weight excluding hydrogens is 238 g/mol. The van der Waals surface area contributed by atoms with Gasteiger partial charge in [0, 0.05) is 4.90 Å². The smallest absolute Gasteiger partial charge is 0.326 e. The highest BCUT2D eigenvalue weighted by molar-refractivity contribution is 8.00. The Labute approximate surface area is 104 Å². The van der Waals surface area contributed by atoms with E-state index in [4.69, 9.17) is 5.11 Å². The molecule has 0 radical (unpaired) electrons. The van der Waals surface area contributed by atoms with Crippen LogP contribution in [0, 0.1) is 0 Å². The highest BCUT2D eigenvalue weighted by Crippen LogP contribution is 2.39. The summed E-state index contributed by atoms with van der Waals surface area (Å²) < 4.78 is 0. The minimum absolute atomic E-state index is 0.149. The first kappa shape index (κ1) is 12.0. The first-order valence-corrected chi connectivity index (χ1v) is 6.22. The van der Waals surface area contributed by atoms with E-state index in [0.717, 1.165) is 4.90 Å². The van der Waals surface area contributed by atoms with Crippen LogP contribution in [-0.2, 0) is 9.59 Å². The minimum Gasteiger partial charge on any atom is -0.480 e. The van der Waals surface area contributed by atoms with E-state index >= 15 is 0 Å². The number of carboxylic acids is 1. The van der Waals surface area contributed by atoms with Crippen molar-refractivity contribution < 1.29 is 14.7 Å². The number of benzene rings is 1. The van der Waals surface area contributed by atoms with Crippen molar-refractivity contribution in [3.8, 4) is 0 Å². The molecule has 0 fully saturated rings. The van der Waals surface area contributed by atoms with Gasteiger partial charge in [0.2, 0.25) is 5.91 Å². The fraction of sp³-hybridized carbons (Fsp3) is 0.333. The Kier molecular flexibility index (Phi) is 3.11. The molecule has 1 heterocycles. The standard InChI is InChI=1S/C12H13NO3S/c1-7(12(15)16)13-9-5-3-4-6-10(9)17-8(2)11(13)14/h3-8H,1-2H3,(H,15,16). The molecule has 90 valence electrons. The second kappa shape index (κ2) is 4.41. The van der Waals surface area contributed by atoms with E-state index in [1.807, 2.05) is 18.2 Å². The maximum atomic E-state index is 12.1. The predicted octanol–water partition coefficient (Wildman–Crippen LogP) is 1.99. The van der Waals surface area contributed by atoms with Crippen molar-refractivity contribution in [2.45, 2.75) is 30.0 Å². The van der Waals surface area contributed by atoms with Crippen molar-refractivity contribution in [2.75, 3.05) is 4.90 Å². The van der Waals surface area contributed by atoms with Crippen LogP contribution in [0.1, 0.15) is 13.8 Å².